The second-order valence-corrected chi connectivity index (χ2v) is 6.84. The molecule has 0 radical (unpaired) electrons. The summed E-state index contributed by atoms with van der Waals surface area (Å²) in [6.45, 7) is 0. The Morgan fingerprint density at radius 2 is 1.52 bits per heavy atom. The number of rotatable bonds is 2. The molecule has 1 nitrogen and oxygen atoms in total. The monoisotopic (exact) mass is 333 g/mol. The maximum atomic E-state index is 5.51. The smallest absolute Gasteiger partial charge is 0.0569 e. The summed E-state index contributed by atoms with van der Waals surface area (Å²) in [6, 6.07) is 25.1. The number of anilines is 2. The van der Waals surface area contributed by atoms with E-state index in [1.807, 2.05) is 12.1 Å². The Hall–Kier alpha value is -2.10. The van der Waals surface area contributed by atoms with Gasteiger partial charge in [0.05, 0.1) is 10.1 Å². The van der Waals surface area contributed by atoms with E-state index in [2.05, 4.69) is 78.6 Å². The van der Waals surface area contributed by atoms with E-state index >= 15 is 0 Å². The predicted octanol–water partition coefficient (Wildman–Crippen LogP) is 5.80. The number of fused-ring (bicyclic) bond motifs is 2. The highest BCUT2D eigenvalue weighted by Crippen LogP contribution is 2.46. The lowest BCUT2D eigenvalue weighted by atomic mass is 9.82. The molecular weight excluding hydrogens is 318 g/mol. The molecule has 0 amide bonds. The van der Waals surface area contributed by atoms with E-state index in [4.69, 9.17) is 12.2 Å². The van der Waals surface area contributed by atoms with Crippen LogP contribution in [0.1, 0.15) is 17.0 Å². The fraction of sp³-hybridized carbons (Fsp3) is 0.0500. The van der Waals surface area contributed by atoms with E-state index in [-0.39, 0.29) is 5.92 Å². The Balaban J connectivity index is 1.99. The van der Waals surface area contributed by atoms with Crippen molar-refractivity contribution in [2.24, 2.45) is 0 Å². The van der Waals surface area contributed by atoms with Crippen LogP contribution in [0.15, 0.2) is 72.8 Å². The van der Waals surface area contributed by atoms with Crippen LogP contribution in [-0.4, -0.2) is 4.20 Å². The van der Waals surface area contributed by atoms with Gasteiger partial charge < -0.3 is 5.32 Å². The summed E-state index contributed by atoms with van der Waals surface area (Å²) in [5, 5.41) is 3.54. The molecule has 0 spiro atoms. The highest BCUT2D eigenvalue weighted by Gasteiger charge is 2.29. The Morgan fingerprint density at radius 3 is 2.30 bits per heavy atom. The van der Waals surface area contributed by atoms with Crippen LogP contribution in [0, 0.1) is 0 Å². The van der Waals surface area contributed by atoms with E-state index < -0.39 is 0 Å². The summed E-state index contributed by atoms with van der Waals surface area (Å²) in [5.41, 5.74) is 6.99. The van der Waals surface area contributed by atoms with Gasteiger partial charge in [0.2, 0.25) is 0 Å². The van der Waals surface area contributed by atoms with Crippen LogP contribution in [0.4, 0.5) is 11.4 Å². The number of benzene rings is 3. The second-order valence-electron chi connectivity index (χ2n) is 5.62. The lowest BCUT2D eigenvalue weighted by Crippen LogP contribution is -2.17. The van der Waals surface area contributed by atoms with Crippen molar-refractivity contribution in [3.8, 4) is 11.1 Å². The van der Waals surface area contributed by atoms with Gasteiger partial charge >= 0.3 is 0 Å². The average molecular weight is 333 g/mol. The third kappa shape index (κ3) is 2.46. The highest BCUT2D eigenvalue weighted by molar-refractivity contribution is 8.11. The summed E-state index contributed by atoms with van der Waals surface area (Å²) in [7, 11) is 0. The molecule has 0 saturated heterocycles. The maximum absolute atomic E-state index is 5.51. The molecule has 1 heterocycles. The normalized spacial score (nSPS) is 15.3. The molecule has 0 aliphatic carbocycles. The SMILES string of the molecule is S=C(S)C1c2ccccc2Nc2cccc(-c3ccccc3)c21. The van der Waals surface area contributed by atoms with Crippen LogP contribution in [0.5, 0.6) is 0 Å². The predicted molar refractivity (Wildman–Crippen MR) is 105 cm³/mol. The van der Waals surface area contributed by atoms with E-state index in [0.29, 0.717) is 4.20 Å². The Morgan fingerprint density at radius 1 is 0.826 bits per heavy atom. The van der Waals surface area contributed by atoms with Gasteiger partial charge in [-0.15, -0.1) is 12.6 Å². The van der Waals surface area contributed by atoms with Gasteiger partial charge in [-0.05, 0) is 34.4 Å². The average Bonchev–Trinajstić information content (AvgIpc) is 2.59. The van der Waals surface area contributed by atoms with E-state index in [9.17, 15) is 0 Å². The van der Waals surface area contributed by atoms with Crippen LogP contribution < -0.4 is 5.32 Å². The number of thiol groups is 1. The molecule has 1 aliphatic rings. The summed E-state index contributed by atoms with van der Waals surface area (Å²) in [4.78, 5) is 0. The zero-order valence-corrected chi connectivity index (χ0v) is 14.1. The number of thiocarbonyl (C=S) groups is 1. The van der Waals surface area contributed by atoms with Crippen molar-refractivity contribution in [2.45, 2.75) is 5.92 Å². The Kier molecular flexibility index (Phi) is 3.68. The van der Waals surface area contributed by atoms with Gasteiger partial charge in [0, 0.05) is 11.4 Å². The number of hydrogen-bond acceptors (Lipinski definition) is 2. The van der Waals surface area contributed by atoms with Gasteiger partial charge in [-0.3, -0.25) is 0 Å². The minimum atomic E-state index is 0.0113. The van der Waals surface area contributed by atoms with Crippen molar-refractivity contribution in [2.75, 3.05) is 5.32 Å². The van der Waals surface area contributed by atoms with Gasteiger partial charge in [0.15, 0.2) is 0 Å². The molecule has 1 aliphatic heterocycles. The van der Waals surface area contributed by atoms with Crippen molar-refractivity contribution in [3.63, 3.8) is 0 Å². The van der Waals surface area contributed by atoms with Crippen LogP contribution in [0.3, 0.4) is 0 Å². The lowest BCUT2D eigenvalue weighted by molar-refractivity contribution is 1.09. The topological polar surface area (TPSA) is 12.0 Å². The van der Waals surface area contributed by atoms with Gasteiger partial charge in [0.25, 0.3) is 0 Å². The molecule has 4 rings (SSSR count). The van der Waals surface area contributed by atoms with E-state index in [1.54, 1.807) is 0 Å². The first kappa shape index (κ1) is 14.5. The molecule has 0 saturated carbocycles. The molecule has 0 fully saturated rings. The van der Waals surface area contributed by atoms with Crippen LogP contribution >= 0.6 is 24.8 Å². The molecule has 3 aromatic rings. The fourth-order valence-electron chi connectivity index (χ4n) is 3.27. The quantitative estimate of drug-likeness (QED) is 0.454. The molecule has 1 atom stereocenters. The minimum Gasteiger partial charge on any atom is -0.355 e. The lowest BCUT2D eigenvalue weighted by Gasteiger charge is -2.30. The van der Waals surface area contributed by atoms with Gasteiger partial charge in [-0.2, -0.15) is 0 Å². The molecule has 23 heavy (non-hydrogen) atoms. The number of para-hydroxylation sites is 1. The molecular formula is C20H15NS2. The number of nitrogens with one attached hydrogen (secondary N) is 1. The number of hydrogen-bond donors (Lipinski definition) is 2. The summed E-state index contributed by atoms with van der Waals surface area (Å²) < 4.78 is 0.698. The van der Waals surface area contributed by atoms with Gasteiger partial charge in [0.1, 0.15) is 0 Å². The summed E-state index contributed by atoms with van der Waals surface area (Å²) in [5.74, 6) is 0.0113. The van der Waals surface area contributed by atoms with Crippen molar-refractivity contribution in [1.82, 2.24) is 0 Å². The summed E-state index contributed by atoms with van der Waals surface area (Å²) in [6.07, 6.45) is 0. The second kappa shape index (κ2) is 5.84. The zero-order valence-electron chi connectivity index (χ0n) is 12.4. The van der Waals surface area contributed by atoms with Crippen LogP contribution in [-0.2, 0) is 0 Å². The van der Waals surface area contributed by atoms with Gasteiger partial charge in [-0.25, -0.2) is 0 Å². The zero-order chi connectivity index (χ0) is 15.8. The van der Waals surface area contributed by atoms with Gasteiger partial charge in [-0.1, -0.05) is 72.9 Å². The third-order valence-electron chi connectivity index (χ3n) is 4.27. The highest BCUT2D eigenvalue weighted by atomic mass is 32.1. The molecule has 3 heteroatoms. The summed E-state index contributed by atoms with van der Waals surface area (Å²) >= 11 is 10.1. The molecule has 1 unspecified atom stereocenters. The molecule has 0 bridgehead atoms. The first-order valence-corrected chi connectivity index (χ1v) is 8.38. The van der Waals surface area contributed by atoms with Crippen LogP contribution in [0.25, 0.3) is 11.1 Å². The maximum Gasteiger partial charge on any atom is 0.0569 e. The molecule has 0 aromatic heterocycles. The molecule has 1 N–H and O–H groups in total. The fourth-order valence-corrected chi connectivity index (χ4v) is 3.79. The van der Waals surface area contributed by atoms with E-state index in [0.717, 1.165) is 11.4 Å². The Bertz CT molecular complexity index is 887. The van der Waals surface area contributed by atoms with E-state index in [1.165, 1.54) is 22.3 Å². The van der Waals surface area contributed by atoms with Crippen molar-refractivity contribution in [1.29, 1.82) is 0 Å². The van der Waals surface area contributed by atoms with Crippen molar-refractivity contribution in [3.05, 3.63) is 83.9 Å². The molecule has 112 valence electrons. The third-order valence-corrected chi connectivity index (χ3v) is 4.76. The minimum absolute atomic E-state index is 0.0113. The van der Waals surface area contributed by atoms with Crippen LogP contribution in [0.2, 0.25) is 0 Å². The van der Waals surface area contributed by atoms with Crippen molar-refractivity contribution >= 4 is 40.4 Å². The molecule has 3 aromatic carbocycles. The first-order valence-electron chi connectivity index (χ1n) is 7.53. The Labute approximate surface area is 146 Å². The standard InChI is InChI=1S/C20H15NS2/c22-20(23)19-15-9-4-5-11-16(15)21-17-12-6-10-14(18(17)19)13-7-2-1-3-8-13/h1-12,19,21H,(H,22,23). The first-order chi connectivity index (χ1) is 11.3. The largest absolute Gasteiger partial charge is 0.355 e. The van der Waals surface area contributed by atoms with Crippen molar-refractivity contribution < 1.29 is 0 Å².